The van der Waals surface area contributed by atoms with E-state index in [0.717, 1.165) is 11.6 Å². The molecule has 1 aromatic heterocycles. The van der Waals surface area contributed by atoms with Crippen molar-refractivity contribution in [1.29, 1.82) is 0 Å². The summed E-state index contributed by atoms with van der Waals surface area (Å²) in [5, 5.41) is 8.61. The highest BCUT2D eigenvalue weighted by Gasteiger charge is 2.23. The van der Waals surface area contributed by atoms with E-state index in [-0.39, 0.29) is 0 Å². The van der Waals surface area contributed by atoms with Crippen LogP contribution in [0.3, 0.4) is 0 Å². The number of rotatable bonds is 6. The molecule has 25 heavy (non-hydrogen) atoms. The number of hydrogen-bond donors (Lipinski definition) is 2. The Balaban J connectivity index is 1.57. The Bertz CT molecular complexity index is 679. The highest BCUT2D eigenvalue weighted by molar-refractivity contribution is 5.61. The third-order valence-electron chi connectivity index (χ3n) is 5.14. The molecule has 0 amide bonds. The lowest BCUT2D eigenvalue weighted by Gasteiger charge is -2.27. The average Bonchev–Trinajstić information content (AvgIpc) is 2.63. The molecule has 1 aliphatic rings. The van der Waals surface area contributed by atoms with Crippen molar-refractivity contribution in [2.24, 2.45) is 5.92 Å². The molecule has 2 aromatic rings. The van der Waals surface area contributed by atoms with E-state index < -0.39 is 0 Å². The van der Waals surface area contributed by atoms with Crippen LogP contribution in [0, 0.1) is 5.92 Å². The van der Waals surface area contributed by atoms with Crippen molar-refractivity contribution in [2.45, 2.75) is 57.8 Å². The summed E-state index contributed by atoms with van der Waals surface area (Å²) < 4.78 is 5.71. The number of nitrogens with two attached hydrogens (primary N) is 2. The van der Waals surface area contributed by atoms with Gasteiger partial charge in [0.1, 0.15) is 0 Å². The van der Waals surface area contributed by atoms with Gasteiger partial charge in [-0.25, -0.2) is 0 Å². The number of aromatic nitrogens is 2. The van der Waals surface area contributed by atoms with Gasteiger partial charge in [0.05, 0.1) is 11.4 Å². The molecule has 1 fully saturated rings. The van der Waals surface area contributed by atoms with Crippen molar-refractivity contribution in [1.82, 2.24) is 10.2 Å². The summed E-state index contributed by atoms with van der Waals surface area (Å²) in [6.07, 6.45) is 9.09. The number of benzene rings is 1. The van der Waals surface area contributed by atoms with Crippen molar-refractivity contribution in [2.75, 3.05) is 11.5 Å². The maximum absolute atomic E-state index is 5.91. The zero-order valence-electron chi connectivity index (χ0n) is 14.9. The quantitative estimate of drug-likeness (QED) is 0.730. The third-order valence-corrected chi connectivity index (χ3v) is 5.14. The summed E-state index contributed by atoms with van der Waals surface area (Å²) in [5.41, 5.74) is 13.8. The van der Waals surface area contributed by atoms with E-state index in [1.54, 1.807) is 18.2 Å². The van der Waals surface area contributed by atoms with Crippen LogP contribution in [0.4, 0.5) is 11.4 Å². The third kappa shape index (κ3) is 4.62. The van der Waals surface area contributed by atoms with E-state index in [1.165, 1.54) is 44.9 Å². The van der Waals surface area contributed by atoms with Crippen LogP contribution in [-0.4, -0.2) is 10.2 Å². The SMILES string of the molecule is CCCCC1CCC(c2ccc(Oc3ccc(N)cc3N)nn2)CC1. The standard InChI is InChI=1S/C20H28N4O/c1-2-3-4-14-5-7-15(8-6-14)18-10-12-20(24-23-18)25-19-11-9-16(21)13-17(19)22/h9-15H,2-8,21-22H2,1H3. The number of anilines is 2. The molecule has 1 saturated carbocycles. The fourth-order valence-corrected chi connectivity index (χ4v) is 3.61. The molecule has 5 nitrogen and oxygen atoms in total. The van der Waals surface area contributed by atoms with Crippen LogP contribution < -0.4 is 16.2 Å². The summed E-state index contributed by atoms with van der Waals surface area (Å²) in [7, 11) is 0. The topological polar surface area (TPSA) is 87.0 Å². The molecule has 0 radical (unpaired) electrons. The highest BCUT2D eigenvalue weighted by atomic mass is 16.5. The van der Waals surface area contributed by atoms with Gasteiger partial charge >= 0.3 is 0 Å². The van der Waals surface area contributed by atoms with Crippen LogP contribution in [-0.2, 0) is 0 Å². The Hall–Kier alpha value is -2.30. The van der Waals surface area contributed by atoms with Crippen molar-refractivity contribution >= 4 is 11.4 Å². The zero-order valence-corrected chi connectivity index (χ0v) is 14.9. The number of ether oxygens (including phenoxy) is 1. The second-order valence-corrected chi connectivity index (χ2v) is 7.06. The van der Waals surface area contributed by atoms with Crippen molar-refractivity contribution < 1.29 is 4.74 Å². The van der Waals surface area contributed by atoms with Gasteiger partial charge in [-0.05, 0) is 55.9 Å². The molecule has 1 aliphatic carbocycles. The predicted octanol–water partition coefficient (Wildman–Crippen LogP) is 4.90. The zero-order chi connectivity index (χ0) is 17.6. The summed E-state index contributed by atoms with van der Waals surface area (Å²) in [6, 6.07) is 9.09. The lowest BCUT2D eigenvalue weighted by Crippen LogP contribution is -2.14. The first-order valence-electron chi connectivity index (χ1n) is 9.32. The maximum Gasteiger partial charge on any atom is 0.238 e. The van der Waals surface area contributed by atoms with E-state index in [2.05, 4.69) is 17.1 Å². The molecule has 5 heteroatoms. The molecule has 0 bridgehead atoms. The second kappa shape index (κ2) is 8.19. The van der Waals surface area contributed by atoms with Gasteiger partial charge in [-0.15, -0.1) is 5.10 Å². The summed E-state index contributed by atoms with van der Waals surface area (Å²) in [5.74, 6) is 2.44. The largest absolute Gasteiger partial charge is 0.435 e. The molecule has 0 aliphatic heterocycles. The van der Waals surface area contributed by atoms with Crippen molar-refractivity contribution in [3.05, 3.63) is 36.0 Å². The molecular formula is C20H28N4O. The average molecular weight is 340 g/mol. The van der Waals surface area contributed by atoms with E-state index >= 15 is 0 Å². The molecular weight excluding hydrogens is 312 g/mol. The van der Waals surface area contributed by atoms with Crippen LogP contribution >= 0.6 is 0 Å². The van der Waals surface area contributed by atoms with Gasteiger partial charge < -0.3 is 16.2 Å². The first-order valence-corrected chi connectivity index (χ1v) is 9.32. The fraction of sp³-hybridized carbons (Fsp3) is 0.500. The molecule has 3 rings (SSSR count). The summed E-state index contributed by atoms with van der Waals surface area (Å²) >= 11 is 0. The monoisotopic (exact) mass is 340 g/mol. The Morgan fingerprint density at radius 1 is 1.04 bits per heavy atom. The Morgan fingerprint density at radius 3 is 2.48 bits per heavy atom. The first-order chi connectivity index (χ1) is 12.2. The van der Waals surface area contributed by atoms with Gasteiger partial charge in [-0.1, -0.05) is 26.2 Å². The highest BCUT2D eigenvalue weighted by Crippen LogP contribution is 2.37. The Morgan fingerprint density at radius 2 is 1.84 bits per heavy atom. The van der Waals surface area contributed by atoms with E-state index in [9.17, 15) is 0 Å². The smallest absolute Gasteiger partial charge is 0.238 e. The molecule has 4 N–H and O–H groups in total. The molecule has 1 aromatic carbocycles. The van der Waals surface area contributed by atoms with E-state index in [1.807, 2.05) is 12.1 Å². The lowest BCUT2D eigenvalue weighted by molar-refractivity contribution is 0.300. The van der Waals surface area contributed by atoms with E-state index in [4.69, 9.17) is 16.2 Å². The molecule has 0 spiro atoms. The van der Waals surface area contributed by atoms with Gasteiger partial charge in [-0.2, -0.15) is 5.10 Å². The van der Waals surface area contributed by atoms with Crippen molar-refractivity contribution in [3.8, 4) is 11.6 Å². The lowest BCUT2D eigenvalue weighted by atomic mass is 9.78. The van der Waals surface area contributed by atoms with Crippen LogP contribution in [0.15, 0.2) is 30.3 Å². The summed E-state index contributed by atoms with van der Waals surface area (Å²) in [4.78, 5) is 0. The second-order valence-electron chi connectivity index (χ2n) is 7.06. The summed E-state index contributed by atoms with van der Waals surface area (Å²) in [6.45, 7) is 2.27. The number of hydrogen-bond acceptors (Lipinski definition) is 5. The van der Waals surface area contributed by atoms with Gasteiger partial charge in [0.15, 0.2) is 5.75 Å². The molecule has 0 saturated heterocycles. The van der Waals surface area contributed by atoms with Gasteiger partial charge in [-0.3, -0.25) is 0 Å². The van der Waals surface area contributed by atoms with Crippen LogP contribution in [0.1, 0.15) is 63.5 Å². The predicted molar refractivity (Wildman–Crippen MR) is 102 cm³/mol. The fourth-order valence-electron chi connectivity index (χ4n) is 3.61. The Kier molecular flexibility index (Phi) is 5.74. The minimum absolute atomic E-state index is 0.455. The molecule has 0 atom stereocenters. The normalized spacial score (nSPS) is 20.4. The number of unbranched alkanes of at least 4 members (excludes halogenated alkanes) is 1. The van der Waals surface area contributed by atoms with Crippen LogP contribution in [0.25, 0.3) is 0 Å². The van der Waals surface area contributed by atoms with E-state index in [0.29, 0.717) is 28.9 Å². The minimum atomic E-state index is 0.455. The van der Waals surface area contributed by atoms with Gasteiger partial charge in [0, 0.05) is 17.7 Å². The minimum Gasteiger partial charge on any atom is -0.435 e. The van der Waals surface area contributed by atoms with Crippen LogP contribution in [0.5, 0.6) is 11.6 Å². The molecule has 0 unspecified atom stereocenters. The van der Waals surface area contributed by atoms with Gasteiger partial charge in [0.2, 0.25) is 5.88 Å². The molecule has 134 valence electrons. The van der Waals surface area contributed by atoms with Crippen LogP contribution in [0.2, 0.25) is 0 Å². The Labute approximate surface area is 149 Å². The van der Waals surface area contributed by atoms with Gasteiger partial charge in [0.25, 0.3) is 0 Å². The number of nitrogen functional groups attached to an aromatic ring is 2. The maximum atomic E-state index is 5.91. The number of nitrogens with zero attached hydrogens (tertiary/aromatic N) is 2. The molecule has 1 heterocycles. The first kappa shape index (κ1) is 17.5. The van der Waals surface area contributed by atoms with Crippen molar-refractivity contribution in [3.63, 3.8) is 0 Å².